The van der Waals surface area contributed by atoms with E-state index in [0.29, 0.717) is 12.1 Å². The van der Waals surface area contributed by atoms with Gasteiger partial charge in [0.2, 0.25) is 0 Å². The number of hydrogen-bond donors (Lipinski definition) is 1. The second-order valence-corrected chi connectivity index (χ2v) is 5.03. The van der Waals surface area contributed by atoms with Gasteiger partial charge in [-0.3, -0.25) is 4.90 Å². The topological polar surface area (TPSA) is 15.3 Å². The minimum absolute atomic E-state index is 0.152. The molecule has 0 spiro atoms. The van der Waals surface area contributed by atoms with Crippen LogP contribution >= 0.6 is 0 Å². The van der Waals surface area contributed by atoms with E-state index in [2.05, 4.69) is 24.1 Å². The smallest absolute Gasteiger partial charge is 0.123 e. The van der Waals surface area contributed by atoms with Crippen LogP contribution < -0.4 is 5.32 Å². The van der Waals surface area contributed by atoms with Crippen LogP contribution in [0.15, 0.2) is 24.3 Å². The van der Waals surface area contributed by atoms with Gasteiger partial charge in [0.15, 0.2) is 0 Å². The highest BCUT2D eigenvalue weighted by Crippen LogP contribution is 2.27. The van der Waals surface area contributed by atoms with Gasteiger partial charge in [0, 0.05) is 25.2 Å². The number of halogens is 1. The number of benzene rings is 1. The van der Waals surface area contributed by atoms with Crippen LogP contribution in [0.3, 0.4) is 0 Å². The Balaban J connectivity index is 2.15. The molecule has 0 bridgehead atoms. The molecule has 2 nitrogen and oxygen atoms in total. The predicted octanol–water partition coefficient (Wildman–Crippen LogP) is 2.96. The molecular formula is C15H23FN2. The van der Waals surface area contributed by atoms with Gasteiger partial charge in [-0.1, -0.05) is 26.0 Å². The van der Waals surface area contributed by atoms with Gasteiger partial charge in [-0.15, -0.1) is 0 Å². The van der Waals surface area contributed by atoms with E-state index >= 15 is 0 Å². The summed E-state index contributed by atoms with van der Waals surface area (Å²) in [7, 11) is 0. The van der Waals surface area contributed by atoms with Crippen LogP contribution in [-0.4, -0.2) is 30.6 Å². The van der Waals surface area contributed by atoms with Gasteiger partial charge >= 0.3 is 0 Å². The molecule has 0 saturated carbocycles. The minimum atomic E-state index is -0.152. The van der Waals surface area contributed by atoms with Crippen molar-refractivity contribution in [1.29, 1.82) is 0 Å². The van der Waals surface area contributed by atoms with Crippen molar-refractivity contribution >= 4 is 0 Å². The molecule has 3 heteroatoms. The van der Waals surface area contributed by atoms with E-state index in [9.17, 15) is 4.39 Å². The van der Waals surface area contributed by atoms with Crippen LogP contribution in [0.25, 0.3) is 0 Å². The van der Waals surface area contributed by atoms with Gasteiger partial charge in [-0.25, -0.2) is 4.39 Å². The van der Waals surface area contributed by atoms with Crippen LogP contribution in [0.5, 0.6) is 0 Å². The van der Waals surface area contributed by atoms with Gasteiger partial charge in [0.1, 0.15) is 5.82 Å². The lowest BCUT2D eigenvalue weighted by atomic mass is 9.98. The van der Waals surface area contributed by atoms with Crippen LogP contribution in [0.1, 0.15) is 38.3 Å². The highest BCUT2D eigenvalue weighted by molar-refractivity contribution is 5.20. The first-order valence-corrected chi connectivity index (χ1v) is 6.98. The zero-order valence-electron chi connectivity index (χ0n) is 11.3. The SMILES string of the molecule is CCCN(C1CNC1)C(CC)c1ccc(F)cc1. The van der Waals surface area contributed by atoms with Crippen molar-refractivity contribution in [2.45, 2.75) is 38.8 Å². The second-order valence-electron chi connectivity index (χ2n) is 5.03. The summed E-state index contributed by atoms with van der Waals surface area (Å²) in [5.41, 5.74) is 1.24. The van der Waals surface area contributed by atoms with Crippen LogP contribution in [-0.2, 0) is 0 Å². The Morgan fingerprint density at radius 2 is 1.94 bits per heavy atom. The lowest BCUT2D eigenvalue weighted by Gasteiger charge is -2.43. The molecular weight excluding hydrogens is 227 g/mol. The fraction of sp³-hybridized carbons (Fsp3) is 0.600. The molecule has 0 radical (unpaired) electrons. The summed E-state index contributed by atoms with van der Waals surface area (Å²) in [5, 5.41) is 3.34. The van der Waals surface area contributed by atoms with Gasteiger partial charge in [0.25, 0.3) is 0 Å². The lowest BCUT2D eigenvalue weighted by molar-refractivity contribution is 0.0915. The number of hydrogen-bond acceptors (Lipinski definition) is 2. The zero-order valence-corrected chi connectivity index (χ0v) is 11.3. The summed E-state index contributed by atoms with van der Waals surface area (Å²) < 4.78 is 13.0. The lowest BCUT2D eigenvalue weighted by Crippen LogP contribution is -2.58. The maximum absolute atomic E-state index is 13.0. The van der Waals surface area contributed by atoms with Crippen molar-refractivity contribution in [3.05, 3.63) is 35.6 Å². The van der Waals surface area contributed by atoms with Crippen LogP contribution in [0.2, 0.25) is 0 Å². The average molecular weight is 250 g/mol. The van der Waals surface area contributed by atoms with Crippen LogP contribution in [0.4, 0.5) is 4.39 Å². The van der Waals surface area contributed by atoms with E-state index in [1.807, 2.05) is 12.1 Å². The Morgan fingerprint density at radius 3 is 2.39 bits per heavy atom. The summed E-state index contributed by atoms with van der Waals surface area (Å²) in [4.78, 5) is 2.57. The molecule has 1 fully saturated rings. The molecule has 100 valence electrons. The van der Waals surface area contributed by atoms with E-state index in [1.54, 1.807) is 12.1 Å². The maximum Gasteiger partial charge on any atom is 0.123 e. The first-order valence-electron chi connectivity index (χ1n) is 6.98. The third kappa shape index (κ3) is 2.90. The second kappa shape index (κ2) is 6.30. The fourth-order valence-electron chi connectivity index (χ4n) is 2.71. The first kappa shape index (κ1) is 13.5. The molecule has 0 amide bonds. The Labute approximate surface area is 109 Å². The summed E-state index contributed by atoms with van der Waals surface area (Å²) in [6, 6.07) is 8.05. The summed E-state index contributed by atoms with van der Waals surface area (Å²) >= 11 is 0. The van der Waals surface area contributed by atoms with Crippen molar-refractivity contribution in [3.8, 4) is 0 Å². The minimum Gasteiger partial charge on any atom is -0.314 e. The van der Waals surface area contributed by atoms with E-state index < -0.39 is 0 Å². The van der Waals surface area contributed by atoms with E-state index in [0.717, 1.165) is 32.5 Å². The number of rotatable bonds is 6. The van der Waals surface area contributed by atoms with Gasteiger partial charge in [0.05, 0.1) is 0 Å². The molecule has 2 rings (SSSR count). The molecule has 1 aliphatic rings. The predicted molar refractivity (Wildman–Crippen MR) is 73.1 cm³/mol. The van der Waals surface area contributed by atoms with Crippen molar-refractivity contribution in [2.24, 2.45) is 0 Å². The highest BCUT2D eigenvalue weighted by Gasteiger charge is 2.29. The molecule has 0 aliphatic carbocycles. The molecule has 1 aromatic rings. The Kier molecular flexibility index (Phi) is 4.72. The largest absolute Gasteiger partial charge is 0.314 e. The van der Waals surface area contributed by atoms with Gasteiger partial charge < -0.3 is 5.32 Å². The summed E-state index contributed by atoms with van der Waals surface area (Å²) in [6.07, 6.45) is 2.23. The van der Waals surface area contributed by atoms with Crippen molar-refractivity contribution in [1.82, 2.24) is 10.2 Å². The standard InChI is InChI=1S/C15H23FN2/c1-3-9-18(14-10-17-11-14)15(4-2)12-5-7-13(16)8-6-12/h5-8,14-15,17H,3-4,9-11H2,1-2H3. The molecule has 1 heterocycles. The zero-order chi connectivity index (χ0) is 13.0. The average Bonchev–Trinajstić information content (AvgIpc) is 2.30. The fourth-order valence-corrected chi connectivity index (χ4v) is 2.71. The molecule has 1 N–H and O–H groups in total. The van der Waals surface area contributed by atoms with Crippen molar-refractivity contribution in [3.63, 3.8) is 0 Å². The van der Waals surface area contributed by atoms with Crippen molar-refractivity contribution < 1.29 is 4.39 Å². The Morgan fingerprint density at radius 1 is 1.28 bits per heavy atom. The van der Waals surface area contributed by atoms with E-state index in [4.69, 9.17) is 0 Å². The Bertz CT molecular complexity index is 359. The third-order valence-electron chi connectivity index (χ3n) is 3.75. The van der Waals surface area contributed by atoms with E-state index in [-0.39, 0.29) is 5.82 Å². The normalized spacial score (nSPS) is 17.8. The molecule has 18 heavy (non-hydrogen) atoms. The summed E-state index contributed by atoms with van der Waals surface area (Å²) in [5.74, 6) is -0.152. The first-order chi connectivity index (χ1) is 8.76. The summed E-state index contributed by atoms with van der Waals surface area (Å²) in [6.45, 7) is 7.71. The highest BCUT2D eigenvalue weighted by atomic mass is 19.1. The van der Waals surface area contributed by atoms with Gasteiger partial charge in [-0.2, -0.15) is 0 Å². The molecule has 0 aromatic heterocycles. The molecule has 1 aromatic carbocycles. The van der Waals surface area contributed by atoms with Gasteiger partial charge in [-0.05, 0) is 37.1 Å². The Hall–Kier alpha value is -0.930. The quantitative estimate of drug-likeness (QED) is 0.835. The third-order valence-corrected chi connectivity index (χ3v) is 3.75. The molecule has 1 unspecified atom stereocenters. The number of nitrogens with zero attached hydrogens (tertiary/aromatic N) is 1. The van der Waals surface area contributed by atoms with E-state index in [1.165, 1.54) is 5.56 Å². The van der Waals surface area contributed by atoms with Crippen molar-refractivity contribution in [2.75, 3.05) is 19.6 Å². The monoisotopic (exact) mass is 250 g/mol. The number of nitrogens with one attached hydrogen (secondary N) is 1. The van der Waals surface area contributed by atoms with Crippen LogP contribution in [0, 0.1) is 5.82 Å². The molecule has 1 saturated heterocycles. The molecule has 1 aliphatic heterocycles. The molecule has 1 atom stereocenters. The maximum atomic E-state index is 13.0.